The monoisotopic (exact) mass is 630 g/mol. The first-order valence-corrected chi connectivity index (χ1v) is 15.7. The highest BCUT2D eigenvalue weighted by Crippen LogP contribution is 2.20. The fraction of sp³-hybridized carbons (Fsp3) is 0.515. The summed E-state index contributed by atoms with van der Waals surface area (Å²) in [5.74, 6) is 1.23. The topological polar surface area (TPSA) is 51.4 Å². The summed E-state index contributed by atoms with van der Waals surface area (Å²) in [4.78, 5) is 12.5. The van der Waals surface area contributed by atoms with E-state index >= 15 is 0 Å². The van der Waals surface area contributed by atoms with Gasteiger partial charge in [0.05, 0.1) is 12.0 Å². The highest BCUT2D eigenvalue weighted by molar-refractivity contribution is 7.07. The lowest BCUT2D eigenvalue weighted by Gasteiger charge is -2.10. The third-order valence-electron chi connectivity index (χ3n) is 6.89. The quantitative estimate of drug-likeness (QED) is 0.133. The number of benzene rings is 2. The van der Waals surface area contributed by atoms with Gasteiger partial charge in [0.25, 0.3) is 5.91 Å². The van der Waals surface area contributed by atoms with Crippen molar-refractivity contribution < 1.29 is 35.8 Å². The van der Waals surface area contributed by atoms with Crippen LogP contribution in [0, 0.1) is 6.92 Å². The van der Waals surface area contributed by atoms with Gasteiger partial charge in [0.15, 0.2) is 18.8 Å². The number of carbonyl (C=O) groups is 1. The van der Waals surface area contributed by atoms with Crippen molar-refractivity contribution in [1.82, 2.24) is 0 Å². The van der Waals surface area contributed by atoms with E-state index in [0.29, 0.717) is 12.4 Å². The highest BCUT2D eigenvalue weighted by Gasteiger charge is 2.10. The molecule has 0 saturated carbocycles. The van der Waals surface area contributed by atoms with Gasteiger partial charge in [0, 0.05) is 24.2 Å². The number of carbonyl (C=O) groups excluding carboxylic acids is 1. The molecule has 7 heteroatoms. The number of anilines is 1. The first-order chi connectivity index (χ1) is 19.1. The standard InChI is InChI=1S/C33H46N2O3S.BrH/c1-3-4-5-6-7-8-9-10-11-12-13-14-21-37-31-19-16-20-32(23-31)38-25-33(36)34-30-18-15-17-29(22-30)24-35-27-39-26-28(35)2;/h15-20,22-23,26-27H,3-14,21,24-25H2,1-2H3;1H. The molecule has 0 aliphatic carbocycles. The summed E-state index contributed by atoms with van der Waals surface area (Å²) < 4.78 is 13.9. The Balaban J connectivity index is 0.00000560. The number of hydrogen-bond acceptors (Lipinski definition) is 4. The molecule has 0 bridgehead atoms. The molecule has 1 N–H and O–H groups in total. The Kier molecular flexibility index (Phi) is 17.3. The third kappa shape index (κ3) is 13.8. The van der Waals surface area contributed by atoms with Gasteiger partial charge in [-0.05, 0) is 30.7 Å². The SMILES string of the molecule is CCCCCCCCCCCCCCOc1cccc(OCC(=O)Nc2cccc(C[n+]3cscc3C)c2)c1.[Br-]. The van der Waals surface area contributed by atoms with Crippen LogP contribution in [0.1, 0.15) is 95.2 Å². The molecule has 0 unspecified atom stereocenters. The summed E-state index contributed by atoms with van der Waals surface area (Å²) in [6.07, 6.45) is 16.0. The van der Waals surface area contributed by atoms with E-state index in [0.717, 1.165) is 30.0 Å². The lowest BCUT2D eigenvalue weighted by Crippen LogP contribution is -3.00. The smallest absolute Gasteiger partial charge is 0.262 e. The summed E-state index contributed by atoms with van der Waals surface area (Å²) in [5.41, 5.74) is 5.24. The first kappa shape index (κ1) is 33.8. The number of nitrogens with zero attached hydrogens (tertiary/aromatic N) is 1. The van der Waals surface area contributed by atoms with Gasteiger partial charge < -0.3 is 31.8 Å². The Morgan fingerprint density at radius 3 is 2.10 bits per heavy atom. The van der Waals surface area contributed by atoms with Crippen LogP contribution in [0.25, 0.3) is 0 Å². The van der Waals surface area contributed by atoms with Crippen LogP contribution in [0.5, 0.6) is 11.5 Å². The summed E-state index contributed by atoms with van der Waals surface area (Å²) in [6, 6.07) is 15.5. The molecule has 5 nitrogen and oxygen atoms in total. The molecule has 0 spiro atoms. The van der Waals surface area contributed by atoms with Gasteiger partial charge in [-0.3, -0.25) is 4.79 Å². The van der Waals surface area contributed by atoms with E-state index < -0.39 is 0 Å². The minimum absolute atomic E-state index is 0. The summed E-state index contributed by atoms with van der Waals surface area (Å²) in [6.45, 7) is 5.81. The first-order valence-electron chi connectivity index (χ1n) is 14.8. The Bertz CT molecular complexity index is 1100. The summed E-state index contributed by atoms with van der Waals surface area (Å²) in [7, 11) is 0. The predicted octanol–water partition coefficient (Wildman–Crippen LogP) is 5.49. The van der Waals surface area contributed by atoms with Crippen molar-refractivity contribution in [3.63, 3.8) is 0 Å². The molecular weight excluding hydrogens is 584 g/mol. The molecule has 40 heavy (non-hydrogen) atoms. The maximum absolute atomic E-state index is 12.5. The van der Waals surface area contributed by atoms with E-state index in [1.54, 1.807) is 11.3 Å². The summed E-state index contributed by atoms with van der Waals surface area (Å²) in [5, 5.41) is 5.07. The third-order valence-corrected chi connectivity index (χ3v) is 7.74. The van der Waals surface area contributed by atoms with Crippen LogP contribution in [-0.4, -0.2) is 19.1 Å². The number of rotatable bonds is 20. The Morgan fingerprint density at radius 1 is 0.825 bits per heavy atom. The molecule has 0 saturated heterocycles. The van der Waals surface area contributed by atoms with Crippen LogP contribution in [0.2, 0.25) is 0 Å². The van der Waals surface area contributed by atoms with Crippen molar-refractivity contribution >= 4 is 22.9 Å². The molecule has 3 rings (SSSR count). The average Bonchev–Trinajstić information content (AvgIpc) is 3.34. The Hall–Kier alpha value is -2.38. The number of nitrogens with one attached hydrogen (secondary N) is 1. The Morgan fingerprint density at radius 2 is 1.45 bits per heavy atom. The second kappa shape index (κ2) is 20.5. The van der Waals surface area contributed by atoms with Crippen LogP contribution >= 0.6 is 11.3 Å². The zero-order valence-electron chi connectivity index (χ0n) is 24.3. The maximum atomic E-state index is 12.5. The number of amides is 1. The fourth-order valence-corrected chi connectivity index (χ4v) is 5.37. The van der Waals surface area contributed by atoms with E-state index in [4.69, 9.17) is 9.47 Å². The van der Waals surface area contributed by atoms with Crippen molar-refractivity contribution in [2.24, 2.45) is 0 Å². The molecule has 0 aliphatic rings. The van der Waals surface area contributed by atoms with E-state index in [1.807, 2.05) is 42.5 Å². The number of hydrogen-bond donors (Lipinski definition) is 1. The van der Waals surface area contributed by atoms with Crippen molar-refractivity contribution in [3.8, 4) is 11.5 Å². The zero-order chi connectivity index (χ0) is 27.5. The molecule has 0 aliphatic heterocycles. The van der Waals surface area contributed by atoms with E-state index in [-0.39, 0.29) is 29.5 Å². The minimum atomic E-state index is -0.186. The lowest BCUT2D eigenvalue weighted by molar-refractivity contribution is -0.689. The molecule has 0 radical (unpaired) electrons. The van der Waals surface area contributed by atoms with Gasteiger partial charge in [0.1, 0.15) is 11.5 Å². The van der Waals surface area contributed by atoms with Gasteiger partial charge >= 0.3 is 0 Å². The Labute approximate surface area is 256 Å². The number of thiazole rings is 1. The molecular formula is C33H47BrN2O3S. The van der Waals surface area contributed by atoms with Crippen molar-refractivity contribution in [2.45, 2.75) is 97.4 Å². The largest absolute Gasteiger partial charge is 1.00 e. The number of aryl methyl sites for hydroxylation is 1. The molecule has 220 valence electrons. The summed E-state index contributed by atoms with van der Waals surface area (Å²) >= 11 is 1.69. The van der Waals surface area contributed by atoms with Crippen LogP contribution in [0.4, 0.5) is 5.69 Å². The van der Waals surface area contributed by atoms with Crippen molar-refractivity contribution in [1.29, 1.82) is 0 Å². The number of unbranched alkanes of at least 4 members (excludes halogenated alkanes) is 11. The van der Waals surface area contributed by atoms with E-state index in [9.17, 15) is 4.79 Å². The molecule has 0 fully saturated rings. The van der Waals surface area contributed by atoms with Gasteiger partial charge in [0.2, 0.25) is 5.51 Å². The van der Waals surface area contributed by atoms with Crippen LogP contribution in [-0.2, 0) is 11.3 Å². The molecule has 2 aromatic carbocycles. The van der Waals surface area contributed by atoms with Gasteiger partial charge in [-0.2, -0.15) is 4.57 Å². The number of ether oxygens (including phenoxy) is 2. The molecule has 1 aromatic heterocycles. The zero-order valence-corrected chi connectivity index (χ0v) is 26.7. The van der Waals surface area contributed by atoms with Crippen LogP contribution < -0.4 is 36.3 Å². The van der Waals surface area contributed by atoms with Crippen molar-refractivity contribution in [2.75, 3.05) is 18.5 Å². The van der Waals surface area contributed by atoms with Crippen LogP contribution in [0.15, 0.2) is 59.4 Å². The van der Waals surface area contributed by atoms with Crippen molar-refractivity contribution in [3.05, 3.63) is 70.7 Å². The van der Waals surface area contributed by atoms with E-state index in [2.05, 4.69) is 40.7 Å². The lowest BCUT2D eigenvalue weighted by atomic mass is 10.1. The minimum Gasteiger partial charge on any atom is -1.00 e. The van der Waals surface area contributed by atoms with Gasteiger partial charge in [-0.15, -0.1) is 0 Å². The second-order valence-electron chi connectivity index (χ2n) is 10.4. The van der Waals surface area contributed by atoms with Gasteiger partial charge in [-0.1, -0.05) is 107 Å². The predicted molar refractivity (Wildman–Crippen MR) is 162 cm³/mol. The molecule has 3 aromatic rings. The van der Waals surface area contributed by atoms with E-state index in [1.165, 1.54) is 76.3 Å². The second-order valence-corrected chi connectivity index (χ2v) is 11.1. The number of halogens is 1. The fourth-order valence-electron chi connectivity index (χ4n) is 4.59. The molecule has 1 amide bonds. The number of aromatic nitrogens is 1. The van der Waals surface area contributed by atoms with Crippen LogP contribution in [0.3, 0.4) is 0 Å². The highest BCUT2D eigenvalue weighted by atomic mass is 79.9. The normalized spacial score (nSPS) is 10.7. The average molecular weight is 632 g/mol. The maximum Gasteiger partial charge on any atom is 0.262 e. The van der Waals surface area contributed by atoms with Gasteiger partial charge in [-0.25, -0.2) is 0 Å². The molecule has 0 atom stereocenters. The molecule has 1 heterocycles.